The van der Waals surface area contributed by atoms with Gasteiger partial charge in [0, 0.05) is 0 Å². The minimum atomic E-state index is -0.594. The first-order chi connectivity index (χ1) is 12.5. The molecule has 0 saturated heterocycles. The van der Waals surface area contributed by atoms with Crippen LogP contribution in [0.2, 0.25) is 5.02 Å². The number of nitrogens with one attached hydrogen (secondary N) is 2. The third kappa shape index (κ3) is 3.48. The van der Waals surface area contributed by atoms with Gasteiger partial charge < -0.3 is 9.26 Å². The summed E-state index contributed by atoms with van der Waals surface area (Å²) in [6, 6.07) is 11.2. The highest BCUT2D eigenvalue weighted by Gasteiger charge is 2.25. The van der Waals surface area contributed by atoms with Crippen molar-refractivity contribution in [3.8, 4) is 17.0 Å². The molecule has 1 amide bonds. The maximum Gasteiger partial charge on any atom is 0.275 e. The van der Waals surface area contributed by atoms with E-state index in [2.05, 4.69) is 16.0 Å². The molecule has 0 fully saturated rings. The second kappa shape index (κ2) is 7.45. The van der Waals surface area contributed by atoms with Crippen LogP contribution in [-0.4, -0.2) is 18.2 Å². The molecule has 1 heterocycles. The maximum absolute atomic E-state index is 14.2. The van der Waals surface area contributed by atoms with Gasteiger partial charge in [0.15, 0.2) is 0 Å². The zero-order valence-electron chi connectivity index (χ0n) is 14.0. The molecule has 0 saturated carbocycles. The van der Waals surface area contributed by atoms with Crippen LogP contribution in [0.25, 0.3) is 11.3 Å². The normalized spacial score (nSPS) is 10.5. The molecule has 8 heteroatoms. The number of rotatable bonds is 5. The van der Waals surface area contributed by atoms with Crippen LogP contribution in [0, 0.1) is 12.7 Å². The molecule has 0 aliphatic rings. The summed E-state index contributed by atoms with van der Waals surface area (Å²) in [5.41, 5.74) is 6.09. The lowest BCUT2D eigenvalue weighted by molar-refractivity contribution is 0.0961. The summed E-state index contributed by atoms with van der Waals surface area (Å²) in [5, 5.41) is 3.94. The number of nitrogens with zero attached hydrogens (tertiary/aromatic N) is 1. The predicted octanol–water partition coefficient (Wildman–Crippen LogP) is 4.21. The standard InChI is InChI=1S/C18H15ClFN3O3/c1-10-15(17(23-26-10)16-13(19)4-3-5-14(16)20)18(24)22-21-11-6-8-12(25-2)9-7-11/h3-9,21H,1-2H3,(H,22,24). The van der Waals surface area contributed by atoms with Gasteiger partial charge in [0.1, 0.15) is 28.6 Å². The highest BCUT2D eigenvalue weighted by molar-refractivity contribution is 6.33. The summed E-state index contributed by atoms with van der Waals surface area (Å²) >= 11 is 6.07. The molecular formula is C18H15ClFN3O3. The largest absolute Gasteiger partial charge is 0.497 e. The number of carbonyl (C=O) groups excluding carboxylic acids is 1. The van der Waals surface area contributed by atoms with E-state index in [9.17, 15) is 9.18 Å². The highest BCUT2D eigenvalue weighted by atomic mass is 35.5. The topological polar surface area (TPSA) is 76.4 Å². The van der Waals surface area contributed by atoms with Gasteiger partial charge >= 0.3 is 0 Å². The van der Waals surface area contributed by atoms with Gasteiger partial charge in [-0.05, 0) is 43.3 Å². The van der Waals surface area contributed by atoms with E-state index < -0.39 is 11.7 Å². The molecule has 0 atom stereocenters. The Morgan fingerprint density at radius 2 is 1.96 bits per heavy atom. The van der Waals surface area contributed by atoms with Crippen molar-refractivity contribution in [2.24, 2.45) is 0 Å². The Balaban J connectivity index is 1.85. The molecule has 3 rings (SSSR count). The van der Waals surface area contributed by atoms with Crippen LogP contribution in [0.5, 0.6) is 5.75 Å². The molecule has 0 spiro atoms. The highest BCUT2D eigenvalue weighted by Crippen LogP contribution is 2.33. The Hall–Kier alpha value is -3.06. The van der Waals surface area contributed by atoms with Gasteiger partial charge in [-0.3, -0.25) is 15.6 Å². The van der Waals surface area contributed by atoms with Crippen molar-refractivity contribution in [2.45, 2.75) is 6.92 Å². The first-order valence-corrected chi connectivity index (χ1v) is 8.00. The molecule has 0 unspecified atom stereocenters. The van der Waals surface area contributed by atoms with E-state index in [4.69, 9.17) is 20.9 Å². The SMILES string of the molecule is COc1ccc(NNC(=O)c2c(-c3c(F)cccc3Cl)noc2C)cc1. The number of benzene rings is 2. The minimum absolute atomic E-state index is 0.0145. The van der Waals surface area contributed by atoms with E-state index in [1.807, 2.05) is 0 Å². The Bertz CT molecular complexity index is 921. The van der Waals surface area contributed by atoms with E-state index in [0.29, 0.717) is 11.4 Å². The summed E-state index contributed by atoms with van der Waals surface area (Å²) in [6.45, 7) is 1.56. The van der Waals surface area contributed by atoms with Gasteiger partial charge in [0.2, 0.25) is 0 Å². The molecule has 3 aromatic rings. The van der Waals surface area contributed by atoms with E-state index >= 15 is 0 Å². The average molecular weight is 376 g/mol. The van der Waals surface area contributed by atoms with Crippen molar-refractivity contribution in [2.75, 3.05) is 12.5 Å². The molecule has 0 aliphatic carbocycles. The lowest BCUT2D eigenvalue weighted by atomic mass is 10.1. The van der Waals surface area contributed by atoms with Crippen molar-refractivity contribution in [3.05, 3.63) is 64.6 Å². The fourth-order valence-electron chi connectivity index (χ4n) is 2.40. The predicted molar refractivity (Wildman–Crippen MR) is 95.7 cm³/mol. The lowest BCUT2D eigenvalue weighted by Gasteiger charge is -2.10. The van der Waals surface area contributed by atoms with Gasteiger partial charge in [-0.15, -0.1) is 0 Å². The molecule has 0 radical (unpaired) electrons. The second-order valence-corrected chi connectivity index (χ2v) is 5.77. The Morgan fingerprint density at radius 1 is 1.23 bits per heavy atom. The minimum Gasteiger partial charge on any atom is -0.497 e. The fraction of sp³-hybridized carbons (Fsp3) is 0.111. The van der Waals surface area contributed by atoms with E-state index in [0.717, 1.165) is 0 Å². The van der Waals surface area contributed by atoms with Crippen LogP contribution in [0.1, 0.15) is 16.1 Å². The third-order valence-corrected chi connectivity index (χ3v) is 4.01. The first-order valence-electron chi connectivity index (χ1n) is 7.62. The first kappa shape index (κ1) is 17.8. The van der Waals surface area contributed by atoms with Gasteiger partial charge in [0.05, 0.1) is 23.4 Å². The molecule has 2 N–H and O–H groups in total. The third-order valence-electron chi connectivity index (χ3n) is 3.70. The van der Waals surface area contributed by atoms with Crippen molar-refractivity contribution >= 4 is 23.2 Å². The maximum atomic E-state index is 14.2. The Kier molecular flexibility index (Phi) is 5.09. The number of hydrazine groups is 1. The molecule has 0 bridgehead atoms. The number of carbonyl (C=O) groups is 1. The number of anilines is 1. The zero-order valence-corrected chi connectivity index (χ0v) is 14.7. The van der Waals surface area contributed by atoms with Gasteiger partial charge in [0.25, 0.3) is 5.91 Å². The van der Waals surface area contributed by atoms with Crippen LogP contribution < -0.4 is 15.6 Å². The molecule has 6 nitrogen and oxygen atoms in total. The van der Waals surface area contributed by atoms with E-state index in [1.165, 1.54) is 18.2 Å². The number of aromatic nitrogens is 1. The van der Waals surface area contributed by atoms with Gasteiger partial charge in [-0.2, -0.15) is 0 Å². The molecule has 2 aromatic carbocycles. The number of halogens is 2. The number of hydrogen-bond donors (Lipinski definition) is 2. The average Bonchev–Trinajstić information content (AvgIpc) is 3.01. The Labute approximate surface area is 153 Å². The summed E-state index contributed by atoms with van der Waals surface area (Å²) < 4.78 is 24.3. The zero-order chi connectivity index (χ0) is 18.7. The molecule has 26 heavy (non-hydrogen) atoms. The Morgan fingerprint density at radius 3 is 2.62 bits per heavy atom. The monoisotopic (exact) mass is 375 g/mol. The van der Waals surface area contributed by atoms with Crippen LogP contribution in [-0.2, 0) is 0 Å². The van der Waals surface area contributed by atoms with E-state index in [-0.39, 0.29) is 27.6 Å². The summed E-state index contributed by atoms with van der Waals surface area (Å²) in [7, 11) is 1.56. The van der Waals surface area contributed by atoms with Crippen molar-refractivity contribution in [1.29, 1.82) is 0 Å². The summed E-state index contributed by atoms with van der Waals surface area (Å²) in [4.78, 5) is 12.6. The van der Waals surface area contributed by atoms with Crippen LogP contribution in [0.3, 0.4) is 0 Å². The van der Waals surface area contributed by atoms with Crippen molar-refractivity contribution in [3.63, 3.8) is 0 Å². The summed E-state index contributed by atoms with van der Waals surface area (Å²) in [6.07, 6.45) is 0. The number of amides is 1. The van der Waals surface area contributed by atoms with Crippen LogP contribution >= 0.6 is 11.6 Å². The van der Waals surface area contributed by atoms with Crippen LogP contribution in [0.15, 0.2) is 47.0 Å². The molecule has 134 valence electrons. The number of hydrogen-bond acceptors (Lipinski definition) is 5. The fourth-order valence-corrected chi connectivity index (χ4v) is 2.65. The van der Waals surface area contributed by atoms with Gasteiger partial charge in [-0.1, -0.05) is 22.8 Å². The quantitative estimate of drug-likeness (QED) is 0.653. The van der Waals surface area contributed by atoms with E-state index in [1.54, 1.807) is 38.3 Å². The van der Waals surface area contributed by atoms with Gasteiger partial charge in [-0.25, -0.2) is 4.39 Å². The second-order valence-electron chi connectivity index (χ2n) is 5.37. The molecule has 1 aromatic heterocycles. The lowest BCUT2D eigenvalue weighted by Crippen LogP contribution is -2.30. The van der Waals surface area contributed by atoms with Crippen molar-refractivity contribution < 1.29 is 18.4 Å². The summed E-state index contributed by atoms with van der Waals surface area (Å²) in [5.74, 6) is -0.196. The number of methoxy groups -OCH3 is 1. The van der Waals surface area contributed by atoms with Crippen LogP contribution in [0.4, 0.5) is 10.1 Å². The number of aryl methyl sites for hydroxylation is 1. The van der Waals surface area contributed by atoms with Crippen molar-refractivity contribution in [1.82, 2.24) is 10.6 Å². The molecular weight excluding hydrogens is 361 g/mol. The smallest absolute Gasteiger partial charge is 0.275 e. The molecule has 0 aliphatic heterocycles. The number of ether oxygens (including phenoxy) is 1.